The molecule has 5 heteroatoms. The van der Waals surface area contributed by atoms with Gasteiger partial charge in [-0.15, -0.1) is 0 Å². The fourth-order valence-corrected chi connectivity index (χ4v) is 2.41. The molecule has 1 aromatic carbocycles. The summed E-state index contributed by atoms with van der Waals surface area (Å²) in [5, 5.41) is 3.37. The van der Waals surface area contributed by atoms with E-state index in [1.54, 1.807) is 7.05 Å². The molecule has 0 amide bonds. The van der Waals surface area contributed by atoms with Crippen LogP contribution in [0, 0.1) is 12.8 Å². The molecule has 0 aliphatic heterocycles. The summed E-state index contributed by atoms with van der Waals surface area (Å²) < 4.78 is 11.7. The number of ether oxygens (including phenoxy) is 2. The third-order valence-electron chi connectivity index (χ3n) is 4.16. The van der Waals surface area contributed by atoms with Gasteiger partial charge in [-0.2, -0.15) is 0 Å². The maximum atomic E-state index is 5.99. The van der Waals surface area contributed by atoms with E-state index in [1.807, 2.05) is 25.2 Å². The van der Waals surface area contributed by atoms with Crippen molar-refractivity contribution in [2.24, 2.45) is 10.9 Å². The van der Waals surface area contributed by atoms with Crippen molar-refractivity contribution in [2.45, 2.75) is 32.8 Å². The van der Waals surface area contributed by atoms with E-state index in [4.69, 9.17) is 9.47 Å². The Balaban J connectivity index is 1.68. The molecule has 5 nitrogen and oxygen atoms in total. The van der Waals surface area contributed by atoms with E-state index in [0.717, 1.165) is 42.9 Å². The lowest BCUT2D eigenvalue weighted by Gasteiger charge is -2.24. The van der Waals surface area contributed by atoms with Crippen LogP contribution in [0.25, 0.3) is 0 Å². The first kappa shape index (κ1) is 18.6. The standard InChI is InChI=1S/C19H31N3O2/c1-15-7-5-6-8-18(15)24-16(2)13-21-19(20-3)22(4)11-12-23-14-17-9-10-17/h5-8,16-17H,9-14H2,1-4H3,(H,20,21). The topological polar surface area (TPSA) is 46.1 Å². The zero-order chi connectivity index (χ0) is 17.4. The largest absolute Gasteiger partial charge is 0.489 e. The summed E-state index contributed by atoms with van der Waals surface area (Å²) in [5.74, 6) is 2.61. The average Bonchev–Trinajstić information content (AvgIpc) is 3.38. The molecule has 1 aromatic rings. The second-order valence-electron chi connectivity index (χ2n) is 6.56. The quantitative estimate of drug-likeness (QED) is 0.429. The summed E-state index contributed by atoms with van der Waals surface area (Å²) in [4.78, 5) is 6.42. The minimum Gasteiger partial charge on any atom is -0.489 e. The van der Waals surface area contributed by atoms with Crippen molar-refractivity contribution >= 4 is 5.96 Å². The van der Waals surface area contributed by atoms with Gasteiger partial charge >= 0.3 is 0 Å². The Morgan fingerprint density at radius 3 is 2.79 bits per heavy atom. The number of aryl methyl sites for hydroxylation is 1. The van der Waals surface area contributed by atoms with Gasteiger partial charge in [0.15, 0.2) is 5.96 Å². The molecule has 0 spiro atoms. The van der Waals surface area contributed by atoms with Crippen LogP contribution >= 0.6 is 0 Å². The summed E-state index contributed by atoms with van der Waals surface area (Å²) in [7, 11) is 3.83. The predicted molar refractivity (Wildman–Crippen MR) is 98.8 cm³/mol. The zero-order valence-corrected chi connectivity index (χ0v) is 15.4. The molecule has 0 saturated heterocycles. The molecule has 1 saturated carbocycles. The Hall–Kier alpha value is -1.75. The lowest BCUT2D eigenvalue weighted by Crippen LogP contribution is -2.44. The van der Waals surface area contributed by atoms with Crippen LogP contribution in [0.1, 0.15) is 25.3 Å². The van der Waals surface area contributed by atoms with Gasteiger partial charge in [-0.1, -0.05) is 18.2 Å². The Bertz CT molecular complexity index is 529. The third-order valence-corrected chi connectivity index (χ3v) is 4.16. The van der Waals surface area contributed by atoms with Crippen LogP contribution in [0.2, 0.25) is 0 Å². The van der Waals surface area contributed by atoms with Gasteiger partial charge in [0, 0.05) is 27.2 Å². The van der Waals surface area contributed by atoms with Crippen molar-refractivity contribution in [3.63, 3.8) is 0 Å². The smallest absolute Gasteiger partial charge is 0.193 e. The predicted octanol–water partition coefficient (Wildman–Crippen LogP) is 2.70. The molecular formula is C19H31N3O2. The monoisotopic (exact) mass is 333 g/mol. The van der Waals surface area contributed by atoms with Crippen LogP contribution in [-0.2, 0) is 4.74 Å². The van der Waals surface area contributed by atoms with Crippen molar-refractivity contribution in [3.8, 4) is 5.75 Å². The number of rotatable bonds is 9. The molecule has 134 valence electrons. The summed E-state index contributed by atoms with van der Waals surface area (Å²) >= 11 is 0. The van der Waals surface area contributed by atoms with Crippen molar-refractivity contribution in [1.82, 2.24) is 10.2 Å². The second kappa shape index (κ2) is 9.52. The van der Waals surface area contributed by atoms with E-state index >= 15 is 0 Å². The van der Waals surface area contributed by atoms with Gasteiger partial charge in [0.2, 0.25) is 0 Å². The number of guanidine groups is 1. The minimum atomic E-state index is 0.0577. The summed E-state index contributed by atoms with van der Waals surface area (Å²) in [6.45, 7) is 7.30. The van der Waals surface area contributed by atoms with Gasteiger partial charge in [-0.3, -0.25) is 4.99 Å². The van der Waals surface area contributed by atoms with Crippen molar-refractivity contribution < 1.29 is 9.47 Å². The maximum Gasteiger partial charge on any atom is 0.193 e. The second-order valence-corrected chi connectivity index (χ2v) is 6.56. The SMILES string of the molecule is CN=C(NCC(C)Oc1ccccc1C)N(C)CCOCC1CC1. The van der Waals surface area contributed by atoms with Crippen LogP contribution in [0.15, 0.2) is 29.3 Å². The number of likely N-dealkylation sites (N-methyl/N-ethyl adjacent to an activating group) is 1. The van der Waals surface area contributed by atoms with Gasteiger partial charge in [0.25, 0.3) is 0 Å². The van der Waals surface area contributed by atoms with Gasteiger partial charge in [0.05, 0.1) is 13.2 Å². The molecule has 1 aliphatic rings. The number of para-hydroxylation sites is 1. The maximum absolute atomic E-state index is 5.99. The third kappa shape index (κ3) is 6.40. The van der Waals surface area contributed by atoms with Gasteiger partial charge in [0.1, 0.15) is 11.9 Å². The fraction of sp³-hybridized carbons (Fsp3) is 0.632. The first-order chi connectivity index (χ1) is 11.6. The van der Waals surface area contributed by atoms with Gasteiger partial charge in [-0.05, 0) is 44.2 Å². The van der Waals surface area contributed by atoms with Gasteiger partial charge < -0.3 is 19.7 Å². The van der Waals surface area contributed by atoms with E-state index in [0.29, 0.717) is 6.54 Å². The Morgan fingerprint density at radius 1 is 1.38 bits per heavy atom. The van der Waals surface area contributed by atoms with Crippen molar-refractivity contribution in [2.75, 3.05) is 40.4 Å². The molecule has 1 N–H and O–H groups in total. The molecule has 1 fully saturated rings. The Kier molecular flexibility index (Phi) is 7.37. The van der Waals surface area contributed by atoms with Crippen LogP contribution in [0.4, 0.5) is 0 Å². The highest BCUT2D eigenvalue weighted by molar-refractivity contribution is 5.79. The molecule has 1 aliphatic carbocycles. The van der Waals surface area contributed by atoms with Crippen LogP contribution in [-0.4, -0.2) is 57.4 Å². The Labute approximate surface area is 146 Å². The first-order valence-electron chi connectivity index (χ1n) is 8.82. The number of hydrogen-bond donors (Lipinski definition) is 1. The van der Waals surface area contributed by atoms with E-state index in [1.165, 1.54) is 12.8 Å². The van der Waals surface area contributed by atoms with E-state index in [9.17, 15) is 0 Å². The lowest BCUT2D eigenvalue weighted by atomic mass is 10.2. The van der Waals surface area contributed by atoms with Crippen LogP contribution in [0.5, 0.6) is 5.75 Å². The molecule has 1 atom stereocenters. The van der Waals surface area contributed by atoms with E-state index in [-0.39, 0.29) is 6.10 Å². The lowest BCUT2D eigenvalue weighted by molar-refractivity contribution is 0.115. The molecule has 2 rings (SSSR count). The molecule has 0 bridgehead atoms. The highest BCUT2D eigenvalue weighted by Gasteiger charge is 2.21. The molecular weight excluding hydrogens is 302 g/mol. The van der Waals surface area contributed by atoms with Crippen molar-refractivity contribution in [1.29, 1.82) is 0 Å². The summed E-state index contributed by atoms with van der Waals surface area (Å²) in [5.41, 5.74) is 1.15. The highest BCUT2D eigenvalue weighted by atomic mass is 16.5. The minimum absolute atomic E-state index is 0.0577. The zero-order valence-electron chi connectivity index (χ0n) is 15.4. The number of nitrogens with one attached hydrogen (secondary N) is 1. The number of aliphatic imine (C=N–C) groups is 1. The summed E-state index contributed by atoms with van der Waals surface area (Å²) in [6.07, 6.45) is 2.72. The van der Waals surface area contributed by atoms with Crippen molar-refractivity contribution in [3.05, 3.63) is 29.8 Å². The van der Waals surface area contributed by atoms with Crippen LogP contribution in [0.3, 0.4) is 0 Å². The molecule has 0 aromatic heterocycles. The molecule has 0 radical (unpaired) electrons. The average molecular weight is 333 g/mol. The Morgan fingerprint density at radius 2 is 2.12 bits per heavy atom. The molecule has 1 unspecified atom stereocenters. The number of hydrogen-bond acceptors (Lipinski definition) is 3. The number of benzene rings is 1. The molecule has 24 heavy (non-hydrogen) atoms. The van der Waals surface area contributed by atoms with E-state index < -0.39 is 0 Å². The normalized spacial score (nSPS) is 15.9. The van der Waals surface area contributed by atoms with E-state index in [2.05, 4.69) is 35.1 Å². The van der Waals surface area contributed by atoms with Crippen LogP contribution < -0.4 is 10.1 Å². The first-order valence-corrected chi connectivity index (χ1v) is 8.82. The summed E-state index contributed by atoms with van der Waals surface area (Å²) in [6, 6.07) is 8.08. The van der Waals surface area contributed by atoms with Gasteiger partial charge in [-0.25, -0.2) is 0 Å². The fourth-order valence-electron chi connectivity index (χ4n) is 2.41. The number of nitrogens with zero attached hydrogens (tertiary/aromatic N) is 2. The highest BCUT2D eigenvalue weighted by Crippen LogP contribution is 2.28. The molecule has 0 heterocycles.